The Morgan fingerprint density at radius 2 is 2.25 bits per heavy atom. The maximum Gasteiger partial charge on any atom is 0.0477 e. The molecule has 1 aromatic heterocycles. The fraction of sp³-hybridized carbons (Fsp3) is 0.500. The van der Waals surface area contributed by atoms with E-state index in [1.165, 1.54) is 25.0 Å². The van der Waals surface area contributed by atoms with Crippen molar-refractivity contribution in [3.63, 3.8) is 0 Å². The molecule has 1 heterocycles. The fourth-order valence-electron chi connectivity index (χ4n) is 1.84. The molecule has 0 saturated heterocycles. The molecule has 0 radical (unpaired) electrons. The van der Waals surface area contributed by atoms with Gasteiger partial charge in [0, 0.05) is 23.9 Å². The first-order valence-electron chi connectivity index (χ1n) is 4.49. The summed E-state index contributed by atoms with van der Waals surface area (Å²) in [5, 5.41) is 0. The van der Waals surface area contributed by atoms with Crippen LogP contribution in [0, 0.1) is 0 Å². The summed E-state index contributed by atoms with van der Waals surface area (Å²) in [5.41, 5.74) is 7.16. The average Bonchev–Trinajstić information content (AvgIpc) is 2.05. The number of hydrogen-bond donors (Lipinski definition) is 1. The Hall–Kier alpha value is -0.890. The van der Waals surface area contributed by atoms with Gasteiger partial charge in [0.1, 0.15) is 0 Å². The van der Waals surface area contributed by atoms with E-state index in [1.54, 1.807) is 0 Å². The minimum Gasteiger partial charge on any atom is -0.330 e. The maximum absolute atomic E-state index is 5.76. The highest BCUT2D eigenvalue weighted by atomic mass is 14.7. The smallest absolute Gasteiger partial charge is 0.0477 e. The van der Waals surface area contributed by atoms with Gasteiger partial charge in [-0.25, -0.2) is 0 Å². The summed E-state index contributed by atoms with van der Waals surface area (Å²) in [4.78, 5) is 4.36. The Labute approximate surface area is 72.8 Å². The van der Waals surface area contributed by atoms with Crippen molar-refractivity contribution in [3.05, 3.63) is 30.1 Å². The van der Waals surface area contributed by atoms with Gasteiger partial charge in [-0.3, -0.25) is 4.98 Å². The van der Waals surface area contributed by atoms with E-state index in [4.69, 9.17) is 5.73 Å². The molecule has 0 atom stereocenters. The Balaban J connectivity index is 2.28. The second kappa shape index (κ2) is 2.87. The van der Waals surface area contributed by atoms with Gasteiger partial charge in [-0.15, -0.1) is 0 Å². The average molecular weight is 162 g/mol. The zero-order valence-corrected chi connectivity index (χ0v) is 7.16. The van der Waals surface area contributed by atoms with Gasteiger partial charge in [-0.05, 0) is 25.0 Å². The van der Waals surface area contributed by atoms with Crippen molar-refractivity contribution in [2.75, 3.05) is 6.54 Å². The van der Waals surface area contributed by atoms with Crippen LogP contribution >= 0.6 is 0 Å². The number of hydrogen-bond acceptors (Lipinski definition) is 2. The Bertz CT molecular complexity index is 246. The van der Waals surface area contributed by atoms with Crippen molar-refractivity contribution in [2.24, 2.45) is 5.73 Å². The van der Waals surface area contributed by atoms with Gasteiger partial charge in [-0.2, -0.15) is 0 Å². The number of pyridine rings is 1. The van der Waals surface area contributed by atoms with Crippen molar-refractivity contribution in [1.29, 1.82) is 0 Å². The molecule has 2 rings (SSSR count). The molecule has 0 spiro atoms. The predicted molar refractivity (Wildman–Crippen MR) is 48.8 cm³/mol. The van der Waals surface area contributed by atoms with Gasteiger partial charge >= 0.3 is 0 Å². The van der Waals surface area contributed by atoms with Crippen LogP contribution in [0.2, 0.25) is 0 Å². The number of rotatable bonds is 2. The third kappa shape index (κ3) is 1.03. The van der Waals surface area contributed by atoms with Crippen molar-refractivity contribution in [3.8, 4) is 0 Å². The molecule has 0 aromatic carbocycles. The summed E-state index contributed by atoms with van der Waals surface area (Å²) in [6, 6.07) is 6.08. The molecule has 2 heteroatoms. The van der Waals surface area contributed by atoms with Crippen molar-refractivity contribution < 1.29 is 0 Å². The molecule has 1 fully saturated rings. The van der Waals surface area contributed by atoms with Gasteiger partial charge < -0.3 is 5.73 Å². The van der Waals surface area contributed by atoms with E-state index in [9.17, 15) is 0 Å². The summed E-state index contributed by atoms with van der Waals surface area (Å²) in [6.45, 7) is 0.740. The predicted octanol–water partition coefficient (Wildman–Crippen LogP) is 1.46. The second-order valence-corrected chi connectivity index (χ2v) is 3.55. The molecule has 2 nitrogen and oxygen atoms in total. The zero-order valence-electron chi connectivity index (χ0n) is 7.16. The number of nitrogens with two attached hydrogens (primary N) is 1. The molecule has 0 amide bonds. The minimum atomic E-state index is 0.223. The highest BCUT2D eigenvalue weighted by molar-refractivity contribution is 5.20. The molecule has 1 aromatic rings. The zero-order chi connectivity index (χ0) is 8.44. The molecule has 1 aliphatic carbocycles. The monoisotopic (exact) mass is 162 g/mol. The van der Waals surface area contributed by atoms with E-state index < -0.39 is 0 Å². The van der Waals surface area contributed by atoms with E-state index in [0.717, 1.165) is 6.54 Å². The van der Waals surface area contributed by atoms with Gasteiger partial charge in [0.15, 0.2) is 0 Å². The molecular formula is C10H14N2. The summed E-state index contributed by atoms with van der Waals surface area (Å²) in [6.07, 6.45) is 5.57. The highest BCUT2D eigenvalue weighted by Crippen LogP contribution is 2.41. The van der Waals surface area contributed by atoms with Crippen LogP contribution in [0.25, 0.3) is 0 Å². The molecule has 64 valence electrons. The number of aromatic nitrogens is 1. The van der Waals surface area contributed by atoms with E-state index in [0.29, 0.717) is 0 Å². The Morgan fingerprint density at radius 3 is 2.67 bits per heavy atom. The molecule has 0 aliphatic heterocycles. The van der Waals surface area contributed by atoms with Crippen molar-refractivity contribution in [1.82, 2.24) is 4.98 Å². The standard InChI is InChI=1S/C10H14N2/c11-8-10(5-3-6-10)9-4-1-2-7-12-9/h1-2,4,7H,3,5-6,8,11H2. The minimum absolute atomic E-state index is 0.223. The fourth-order valence-corrected chi connectivity index (χ4v) is 1.84. The van der Waals surface area contributed by atoms with Crippen LogP contribution in [0.4, 0.5) is 0 Å². The quantitative estimate of drug-likeness (QED) is 0.715. The third-order valence-corrected chi connectivity index (χ3v) is 2.91. The summed E-state index contributed by atoms with van der Waals surface area (Å²) in [5.74, 6) is 0. The van der Waals surface area contributed by atoms with Gasteiger partial charge in [0.2, 0.25) is 0 Å². The van der Waals surface area contributed by atoms with Crippen LogP contribution in [-0.2, 0) is 5.41 Å². The number of nitrogens with zero attached hydrogens (tertiary/aromatic N) is 1. The van der Waals surface area contributed by atoms with E-state index in [2.05, 4.69) is 11.1 Å². The Morgan fingerprint density at radius 1 is 1.42 bits per heavy atom. The van der Waals surface area contributed by atoms with Crippen LogP contribution in [0.1, 0.15) is 25.0 Å². The largest absolute Gasteiger partial charge is 0.330 e. The lowest BCUT2D eigenvalue weighted by atomic mass is 9.66. The summed E-state index contributed by atoms with van der Waals surface area (Å²) >= 11 is 0. The molecule has 0 bridgehead atoms. The summed E-state index contributed by atoms with van der Waals surface area (Å²) < 4.78 is 0. The van der Waals surface area contributed by atoms with Gasteiger partial charge in [0.05, 0.1) is 0 Å². The Kier molecular flexibility index (Phi) is 1.85. The van der Waals surface area contributed by atoms with Crippen LogP contribution in [-0.4, -0.2) is 11.5 Å². The first-order valence-corrected chi connectivity index (χ1v) is 4.49. The van der Waals surface area contributed by atoms with Crippen molar-refractivity contribution >= 4 is 0 Å². The van der Waals surface area contributed by atoms with Gasteiger partial charge in [-0.1, -0.05) is 12.5 Å². The first-order chi connectivity index (χ1) is 5.87. The van der Waals surface area contributed by atoms with Crippen molar-refractivity contribution in [2.45, 2.75) is 24.7 Å². The van der Waals surface area contributed by atoms with Gasteiger partial charge in [0.25, 0.3) is 0 Å². The maximum atomic E-state index is 5.76. The van der Waals surface area contributed by atoms with Crippen LogP contribution in [0.5, 0.6) is 0 Å². The van der Waals surface area contributed by atoms with Crippen LogP contribution in [0.3, 0.4) is 0 Å². The summed E-state index contributed by atoms with van der Waals surface area (Å²) in [7, 11) is 0. The molecule has 1 saturated carbocycles. The molecular weight excluding hydrogens is 148 g/mol. The molecule has 0 unspecified atom stereocenters. The van der Waals surface area contributed by atoms with E-state index >= 15 is 0 Å². The molecule has 2 N–H and O–H groups in total. The SMILES string of the molecule is NCC1(c2ccccn2)CCC1. The van der Waals surface area contributed by atoms with Crippen LogP contribution < -0.4 is 5.73 Å². The normalized spacial score (nSPS) is 20.1. The lowest BCUT2D eigenvalue weighted by Crippen LogP contribution is -2.42. The third-order valence-electron chi connectivity index (χ3n) is 2.91. The second-order valence-electron chi connectivity index (χ2n) is 3.55. The lowest BCUT2D eigenvalue weighted by molar-refractivity contribution is 0.246. The lowest BCUT2D eigenvalue weighted by Gasteiger charge is -2.40. The molecule has 1 aliphatic rings. The first kappa shape index (κ1) is 7.74. The highest BCUT2D eigenvalue weighted by Gasteiger charge is 2.38. The van der Waals surface area contributed by atoms with E-state index in [-0.39, 0.29) is 5.41 Å². The molecule has 12 heavy (non-hydrogen) atoms. The topological polar surface area (TPSA) is 38.9 Å². The van der Waals surface area contributed by atoms with E-state index in [1.807, 2.05) is 18.3 Å². The van der Waals surface area contributed by atoms with Crippen LogP contribution in [0.15, 0.2) is 24.4 Å².